The van der Waals surface area contributed by atoms with Crippen molar-refractivity contribution in [2.45, 2.75) is 6.04 Å². The van der Waals surface area contributed by atoms with Crippen molar-refractivity contribution < 1.29 is 0 Å². The maximum Gasteiger partial charge on any atom is 0.0858 e. The molecule has 21 heavy (non-hydrogen) atoms. The Morgan fingerprint density at radius 1 is 1.05 bits per heavy atom. The van der Waals surface area contributed by atoms with E-state index < -0.39 is 0 Å². The number of nitrogens with zero attached hydrogens (tertiary/aromatic N) is 3. The standard InChI is InChI=1S/C15H12Br2N4/c16-10-6-7-13(17)12(8-10)15(18)14-9-19-20-21(14)11-4-2-1-3-5-11/h1-9,15H,18H2. The summed E-state index contributed by atoms with van der Waals surface area (Å²) < 4.78 is 3.70. The van der Waals surface area contributed by atoms with Crippen LogP contribution in [0.5, 0.6) is 0 Å². The van der Waals surface area contributed by atoms with Gasteiger partial charge in [0, 0.05) is 8.95 Å². The molecule has 0 aliphatic carbocycles. The van der Waals surface area contributed by atoms with Crippen molar-refractivity contribution in [3.05, 3.63) is 74.9 Å². The van der Waals surface area contributed by atoms with Crippen LogP contribution in [0.3, 0.4) is 0 Å². The molecule has 1 unspecified atom stereocenters. The molecule has 0 fully saturated rings. The second-order valence-electron chi connectivity index (χ2n) is 4.55. The van der Waals surface area contributed by atoms with Gasteiger partial charge in [-0.15, -0.1) is 5.10 Å². The van der Waals surface area contributed by atoms with E-state index in [-0.39, 0.29) is 6.04 Å². The number of halogens is 2. The van der Waals surface area contributed by atoms with Gasteiger partial charge in [-0.3, -0.25) is 0 Å². The molecule has 2 N–H and O–H groups in total. The number of aromatic nitrogens is 3. The minimum atomic E-state index is -0.327. The fourth-order valence-electron chi connectivity index (χ4n) is 2.14. The third kappa shape index (κ3) is 2.92. The highest BCUT2D eigenvalue weighted by atomic mass is 79.9. The van der Waals surface area contributed by atoms with Gasteiger partial charge in [0.2, 0.25) is 0 Å². The van der Waals surface area contributed by atoms with E-state index in [0.29, 0.717) is 0 Å². The van der Waals surface area contributed by atoms with Crippen LogP contribution >= 0.6 is 31.9 Å². The Hall–Kier alpha value is -1.50. The van der Waals surface area contributed by atoms with Crippen molar-refractivity contribution in [3.8, 4) is 5.69 Å². The van der Waals surface area contributed by atoms with Gasteiger partial charge in [-0.2, -0.15) is 0 Å². The maximum atomic E-state index is 6.42. The maximum absolute atomic E-state index is 6.42. The summed E-state index contributed by atoms with van der Waals surface area (Å²) in [6, 6.07) is 15.4. The molecule has 0 bridgehead atoms. The summed E-state index contributed by atoms with van der Waals surface area (Å²) in [5.74, 6) is 0. The van der Waals surface area contributed by atoms with E-state index in [0.717, 1.165) is 25.9 Å². The van der Waals surface area contributed by atoms with E-state index in [1.54, 1.807) is 10.9 Å². The van der Waals surface area contributed by atoms with Crippen LogP contribution in [0.15, 0.2) is 63.7 Å². The fraction of sp³-hybridized carbons (Fsp3) is 0.0667. The van der Waals surface area contributed by atoms with Crippen LogP contribution in [-0.4, -0.2) is 15.0 Å². The Labute approximate surface area is 139 Å². The second-order valence-corrected chi connectivity index (χ2v) is 6.32. The molecule has 0 saturated heterocycles. The lowest BCUT2D eigenvalue weighted by molar-refractivity contribution is 0.718. The summed E-state index contributed by atoms with van der Waals surface area (Å²) in [5.41, 5.74) is 9.16. The molecule has 1 aromatic heterocycles. The molecular weight excluding hydrogens is 396 g/mol. The van der Waals surface area contributed by atoms with Gasteiger partial charge in [-0.25, -0.2) is 4.68 Å². The Balaban J connectivity index is 2.06. The number of hydrogen-bond acceptors (Lipinski definition) is 3. The largest absolute Gasteiger partial charge is 0.319 e. The van der Waals surface area contributed by atoms with Crippen molar-refractivity contribution in [2.24, 2.45) is 5.73 Å². The molecular formula is C15H12Br2N4. The Kier molecular flexibility index (Phi) is 4.19. The highest BCUT2D eigenvalue weighted by Gasteiger charge is 2.18. The first-order valence-electron chi connectivity index (χ1n) is 6.33. The molecule has 0 amide bonds. The molecule has 1 atom stereocenters. The van der Waals surface area contributed by atoms with Gasteiger partial charge in [-0.1, -0.05) is 55.3 Å². The van der Waals surface area contributed by atoms with Crippen LogP contribution in [0.1, 0.15) is 17.3 Å². The van der Waals surface area contributed by atoms with Gasteiger partial charge in [0.25, 0.3) is 0 Å². The fourth-order valence-corrected chi connectivity index (χ4v) is 3.01. The van der Waals surface area contributed by atoms with Gasteiger partial charge in [-0.05, 0) is 35.9 Å². The summed E-state index contributed by atoms with van der Waals surface area (Å²) in [6.07, 6.45) is 1.70. The molecule has 2 aromatic carbocycles. The van der Waals surface area contributed by atoms with Crippen molar-refractivity contribution >= 4 is 31.9 Å². The lowest BCUT2D eigenvalue weighted by Crippen LogP contribution is -2.17. The van der Waals surface area contributed by atoms with Crippen LogP contribution in [0.4, 0.5) is 0 Å². The molecule has 0 aliphatic heterocycles. The van der Waals surface area contributed by atoms with Crippen molar-refractivity contribution in [3.63, 3.8) is 0 Å². The SMILES string of the molecule is NC(c1cc(Br)ccc1Br)c1cnnn1-c1ccccc1. The predicted molar refractivity (Wildman–Crippen MR) is 89.2 cm³/mol. The molecule has 4 nitrogen and oxygen atoms in total. The Bertz CT molecular complexity index is 755. The third-order valence-electron chi connectivity index (χ3n) is 3.19. The molecule has 0 saturated carbocycles. The van der Waals surface area contributed by atoms with Gasteiger partial charge >= 0.3 is 0 Å². The highest BCUT2D eigenvalue weighted by molar-refractivity contribution is 9.11. The summed E-state index contributed by atoms with van der Waals surface area (Å²) in [5, 5.41) is 8.15. The molecule has 3 rings (SSSR count). The van der Waals surface area contributed by atoms with E-state index in [2.05, 4.69) is 42.2 Å². The number of hydrogen-bond donors (Lipinski definition) is 1. The zero-order valence-corrected chi connectivity index (χ0v) is 14.1. The first kappa shape index (κ1) is 14.4. The van der Waals surface area contributed by atoms with Crippen molar-refractivity contribution in [1.82, 2.24) is 15.0 Å². The first-order chi connectivity index (χ1) is 10.2. The highest BCUT2D eigenvalue weighted by Crippen LogP contribution is 2.30. The lowest BCUT2D eigenvalue weighted by atomic mass is 10.1. The summed E-state index contributed by atoms with van der Waals surface area (Å²) in [6.45, 7) is 0. The summed E-state index contributed by atoms with van der Waals surface area (Å²) in [4.78, 5) is 0. The smallest absolute Gasteiger partial charge is 0.0858 e. The normalized spacial score (nSPS) is 12.3. The van der Waals surface area contributed by atoms with E-state index in [1.165, 1.54) is 0 Å². The Morgan fingerprint density at radius 3 is 2.57 bits per heavy atom. The average molecular weight is 408 g/mol. The van der Waals surface area contributed by atoms with Crippen LogP contribution < -0.4 is 5.73 Å². The zero-order valence-electron chi connectivity index (χ0n) is 10.9. The van der Waals surface area contributed by atoms with Gasteiger partial charge < -0.3 is 5.73 Å². The quantitative estimate of drug-likeness (QED) is 0.717. The number of rotatable bonds is 3. The first-order valence-corrected chi connectivity index (χ1v) is 7.92. The van der Waals surface area contributed by atoms with Gasteiger partial charge in [0.05, 0.1) is 23.6 Å². The summed E-state index contributed by atoms with van der Waals surface area (Å²) in [7, 11) is 0. The molecule has 0 radical (unpaired) electrons. The average Bonchev–Trinajstić information content (AvgIpc) is 2.99. The van der Waals surface area contributed by atoms with Crippen LogP contribution in [0, 0.1) is 0 Å². The molecule has 0 spiro atoms. The van der Waals surface area contributed by atoms with Crippen LogP contribution in [0.25, 0.3) is 5.69 Å². The van der Waals surface area contributed by atoms with Crippen molar-refractivity contribution in [1.29, 1.82) is 0 Å². The van der Waals surface area contributed by atoms with Gasteiger partial charge in [0.15, 0.2) is 0 Å². The van der Waals surface area contributed by atoms with Crippen LogP contribution in [-0.2, 0) is 0 Å². The summed E-state index contributed by atoms with van der Waals surface area (Å²) >= 11 is 7.02. The molecule has 106 valence electrons. The number of nitrogens with two attached hydrogens (primary N) is 1. The van der Waals surface area contributed by atoms with E-state index >= 15 is 0 Å². The van der Waals surface area contributed by atoms with Crippen LogP contribution in [0.2, 0.25) is 0 Å². The monoisotopic (exact) mass is 406 g/mol. The number of para-hydroxylation sites is 1. The molecule has 6 heteroatoms. The van der Waals surface area contributed by atoms with Crippen molar-refractivity contribution in [2.75, 3.05) is 0 Å². The zero-order chi connectivity index (χ0) is 14.8. The van der Waals surface area contributed by atoms with E-state index in [1.807, 2.05) is 48.5 Å². The predicted octanol–water partition coefficient (Wildman–Crippen LogP) is 3.84. The van der Waals surface area contributed by atoms with Gasteiger partial charge in [0.1, 0.15) is 0 Å². The molecule has 1 heterocycles. The number of benzene rings is 2. The molecule has 3 aromatic rings. The second kappa shape index (κ2) is 6.09. The van der Waals surface area contributed by atoms with E-state index in [4.69, 9.17) is 5.73 Å². The third-order valence-corrected chi connectivity index (χ3v) is 4.40. The lowest BCUT2D eigenvalue weighted by Gasteiger charge is -2.15. The topological polar surface area (TPSA) is 56.7 Å². The minimum Gasteiger partial charge on any atom is -0.319 e. The Morgan fingerprint density at radius 2 is 1.81 bits per heavy atom. The van der Waals surface area contributed by atoms with E-state index in [9.17, 15) is 0 Å². The minimum absolute atomic E-state index is 0.327. The molecule has 0 aliphatic rings.